The molecule has 0 radical (unpaired) electrons. The van der Waals surface area contributed by atoms with E-state index < -0.39 is 17.1 Å². The molecule has 7 nitrogen and oxygen atoms in total. The third kappa shape index (κ3) is 8.48. The van der Waals surface area contributed by atoms with Crippen molar-refractivity contribution in [1.82, 2.24) is 10.3 Å². The maximum Gasteiger partial charge on any atom is 0.272 e. The van der Waals surface area contributed by atoms with Gasteiger partial charge in [0.05, 0.1) is 10.9 Å². The van der Waals surface area contributed by atoms with Gasteiger partial charge in [0.25, 0.3) is 11.8 Å². The first-order valence-electron chi connectivity index (χ1n) is 14.0. The first kappa shape index (κ1) is 31.7. The number of hydrogen-bond acceptors (Lipinski definition) is 6. The lowest BCUT2D eigenvalue weighted by Gasteiger charge is -2.14. The molecule has 0 fully saturated rings. The highest BCUT2D eigenvalue weighted by atomic mass is 35.5. The molecule has 5 rings (SSSR count). The average Bonchev–Trinajstić information content (AvgIpc) is 3.50. The van der Waals surface area contributed by atoms with E-state index in [-0.39, 0.29) is 11.6 Å². The molecule has 3 N–H and O–H groups in total. The largest absolute Gasteiger partial charge is 0.321 e. The number of hydrogen-bond donors (Lipinski definition) is 3. The van der Waals surface area contributed by atoms with Crippen molar-refractivity contribution in [2.45, 2.75) is 24.0 Å². The normalized spacial score (nSPS) is 11.8. The van der Waals surface area contributed by atoms with Gasteiger partial charge in [0.1, 0.15) is 5.70 Å². The summed E-state index contributed by atoms with van der Waals surface area (Å²) in [5.74, 6) is -1.08. The monoisotopic (exact) mass is 652 g/mol. The average molecular weight is 653 g/mol. The standard InChI is InChI=1S/C35H29ClN4O3S2/c1-22-11-6-7-14-25(22)19-30(38-33(42)24-12-4-3-5-13-24)34(43)37-26-15-10-16-27(20-26)45-23(2)32(41)40-35-39-31(21-44-35)28-17-8-9-18-29(28)36/h3-21,23H,1-2H3,(H,37,43)(H,38,42)(H,39,40,41)/b30-19-. The van der Waals surface area contributed by atoms with Crippen molar-refractivity contribution in [3.05, 3.63) is 136 Å². The molecule has 45 heavy (non-hydrogen) atoms. The highest BCUT2D eigenvalue weighted by Crippen LogP contribution is 2.31. The topological polar surface area (TPSA) is 100 Å². The summed E-state index contributed by atoms with van der Waals surface area (Å²) < 4.78 is 0. The molecule has 0 bridgehead atoms. The summed E-state index contributed by atoms with van der Waals surface area (Å²) in [6.07, 6.45) is 1.66. The summed E-state index contributed by atoms with van der Waals surface area (Å²) in [5, 5.41) is 11.0. The molecule has 0 aliphatic heterocycles. The molecule has 5 aromatic rings. The van der Waals surface area contributed by atoms with Crippen LogP contribution < -0.4 is 16.0 Å². The fourth-order valence-corrected chi connectivity index (χ4v) is 6.15. The molecule has 0 aliphatic rings. The van der Waals surface area contributed by atoms with Crippen molar-refractivity contribution in [2.75, 3.05) is 10.6 Å². The minimum atomic E-state index is -0.478. The van der Waals surface area contributed by atoms with Crippen molar-refractivity contribution >= 4 is 69.3 Å². The smallest absolute Gasteiger partial charge is 0.272 e. The van der Waals surface area contributed by atoms with E-state index in [0.29, 0.717) is 27.1 Å². The Kier molecular flexibility index (Phi) is 10.5. The summed E-state index contributed by atoms with van der Waals surface area (Å²) >= 11 is 8.97. The zero-order valence-corrected chi connectivity index (χ0v) is 26.8. The fourth-order valence-electron chi connectivity index (χ4n) is 4.28. The predicted molar refractivity (Wildman–Crippen MR) is 185 cm³/mol. The van der Waals surface area contributed by atoms with E-state index in [1.165, 1.54) is 23.1 Å². The number of thiazole rings is 1. The van der Waals surface area contributed by atoms with Gasteiger partial charge < -0.3 is 16.0 Å². The van der Waals surface area contributed by atoms with E-state index in [0.717, 1.165) is 21.6 Å². The summed E-state index contributed by atoms with van der Waals surface area (Å²) in [5.41, 5.74) is 4.31. The quantitative estimate of drug-likeness (QED) is 0.104. The number of nitrogens with one attached hydrogen (secondary N) is 3. The zero-order valence-electron chi connectivity index (χ0n) is 24.4. The van der Waals surface area contributed by atoms with Crippen LogP contribution in [0.2, 0.25) is 5.02 Å². The zero-order chi connectivity index (χ0) is 31.8. The molecule has 1 unspecified atom stereocenters. The Bertz CT molecular complexity index is 1870. The molecule has 3 amide bonds. The van der Waals surface area contributed by atoms with Gasteiger partial charge in [-0.1, -0.05) is 78.3 Å². The number of benzene rings is 4. The number of rotatable bonds is 10. The van der Waals surface area contributed by atoms with Crippen molar-refractivity contribution in [3.63, 3.8) is 0 Å². The second kappa shape index (κ2) is 14.9. The van der Waals surface area contributed by atoms with E-state index in [9.17, 15) is 14.4 Å². The van der Waals surface area contributed by atoms with E-state index in [2.05, 4.69) is 20.9 Å². The van der Waals surface area contributed by atoms with Gasteiger partial charge in [-0.15, -0.1) is 23.1 Å². The van der Waals surface area contributed by atoms with E-state index in [1.54, 1.807) is 61.5 Å². The molecule has 1 aromatic heterocycles. The Hall–Kier alpha value is -4.70. The van der Waals surface area contributed by atoms with Crippen molar-refractivity contribution in [2.24, 2.45) is 0 Å². The molecular weight excluding hydrogens is 624 g/mol. The Balaban J connectivity index is 1.26. The Morgan fingerprint density at radius 1 is 0.889 bits per heavy atom. The number of anilines is 2. The number of carbonyl (C=O) groups is 3. The van der Waals surface area contributed by atoms with Crippen LogP contribution >= 0.6 is 34.7 Å². The molecule has 0 saturated carbocycles. The van der Waals surface area contributed by atoms with Crippen LogP contribution in [0.3, 0.4) is 0 Å². The molecule has 4 aromatic carbocycles. The summed E-state index contributed by atoms with van der Waals surface area (Å²) in [4.78, 5) is 44.7. The van der Waals surface area contributed by atoms with Crippen LogP contribution in [0.1, 0.15) is 28.4 Å². The number of amides is 3. The van der Waals surface area contributed by atoms with Crippen molar-refractivity contribution in [1.29, 1.82) is 0 Å². The lowest BCUT2D eigenvalue weighted by molar-refractivity contribution is -0.115. The number of carbonyl (C=O) groups excluding carboxylic acids is 3. The molecule has 1 heterocycles. The molecular formula is C35H29ClN4O3S2. The Morgan fingerprint density at radius 2 is 1.62 bits per heavy atom. The molecule has 10 heteroatoms. The van der Waals surface area contributed by atoms with Crippen LogP contribution in [0.4, 0.5) is 10.8 Å². The van der Waals surface area contributed by atoms with Crippen LogP contribution in [-0.2, 0) is 9.59 Å². The second-order valence-electron chi connectivity index (χ2n) is 9.98. The number of aryl methyl sites for hydroxylation is 1. The Morgan fingerprint density at radius 3 is 2.40 bits per heavy atom. The molecule has 226 valence electrons. The van der Waals surface area contributed by atoms with E-state index in [4.69, 9.17) is 11.6 Å². The lowest BCUT2D eigenvalue weighted by atomic mass is 10.1. The van der Waals surface area contributed by atoms with Crippen LogP contribution in [0.5, 0.6) is 0 Å². The minimum Gasteiger partial charge on any atom is -0.321 e. The van der Waals surface area contributed by atoms with Gasteiger partial charge in [0.15, 0.2) is 5.13 Å². The number of thioether (sulfide) groups is 1. The van der Waals surface area contributed by atoms with Crippen LogP contribution in [-0.4, -0.2) is 28.0 Å². The van der Waals surface area contributed by atoms with Gasteiger partial charge in [0, 0.05) is 32.1 Å². The summed E-state index contributed by atoms with van der Waals surface area (Å²) in [6, 6.07) is 30.9. The number of halogens is 1. The van der Waals surface area contributed by atoms with Crippen LogP contribution in [0.15, 0.2) is 119 Å². The minimum absolute atomic E-state index is 0.101. The maximum atomic E-state index is 13.5. The predicted octanol–water partition coefficient (Wildman–Crippen LogP) is 8.30. The van der Waals surface area contributed by atoms with Gasteiger partial charge in [-0.25, -0.2) is 4.98 Å². The SMILES string of the molecule is Cc1ccccc1/C=C(\NC(=O)c1ccccc1)C(=O)Nc1cccc(SC(C)C(=O)Nc2nc(-c3ccccc3Cl)cs2)c1. The van der Waals surface area contributed by atoms with Gasteiger partial charge in [-0.2, -0.15) is 0 Å². The van der Waals surface area contributed by atoms with E-state index >= 15 is 0 Å². The number of aromatic nitrogens is 1. The van der Waals surface area contributed by atoms with E-state index in [1.807, 2.05) is 66.9 Å². The van der Waals surface area contributed by atoms with Gasteiger partial charge >= 0.3 is 0 Å². The maximum absolute atomic E-state index is 13.5. The van der Waals surface area contributed by atoms with Crippen molar-refractivity contribution in [3.8, 4) is 11.3 Å². The summed E-state index contributed by atoms with van der Waals surface area (Å²) in [6.45, 7) is 3.74. The molecule has 0 aliphatic carbocycles. The number of nitrogens with zero attached hydrogens (tertiary/aromatic N) is 1. The van der Waals surface area contributed by atoms with Gasteiger partial charge in [-0.05, 0) is 67.4 Å². The second-order valence-corrected chi connectivity index (χ2v) is 12.7. The Labute approximate surface area is 274 Å². The molecule has 0 saturated heterocycles. The first-order valence-corrected chi connectivity index (χ1v) is 16.1. The summed E-state index contributed by atoms with van der Waals surface area (Å²) in [7, 11) is 0. The van der Waals surface area contributed by atoms with Gasteiger partial charge in [0.2, 0.25) is 5.91 Å². The third-order valence-corrected chi connectivity index (χ3v) is 8.86. The lowest BCUT2D eigenvalue weighted by Crippen LogP contribution is -2.30. The first-order chi connectivity index (χ1) is 21.8. The van der Waals surface area contributed by atoms with Crippen LogP contribution in [0, 0.1) is 6.92 Å². The van der Waals surface area contributed by atoms with Crippen LogP contribution in [0.25, 0.3) is 17.3 Å². The highest BCUT2D eigenvalue weighted by Gasteiger charge is 2.19. The third-order valence-electron chi connectivity index (χ3n) is 6.68. The molecule has 1 atom stereocenters. The fraction of sp³-hybridized carbons (Fsp3) is 0.0857. The van der Waals surface area contributed by atoms with Crippen molar-refractivity contribution < 1.29 is 14.4 Å². The molecule has 0 spiro atoms. The highest BCUT2D eigenvalue weighted by molar-refractivity contribution is 8.00. The van der Waals surface area contributed by atoms with Gasteiger partial charge in [-0.3, -0.25) is 14.4 Å².